The van der Waals surface area contributed by atoms with E-state index >= 15 is 0 Å². The monoisotopic (exact) mass is 338 g/mol. The Morgan fingerprint density at radius 3 is 2.00 bits per heavy atom. The number of carbonyl (C=O) groups is 1. The predicted molar refractivity (Wildman–Crippen MR) is 96.1 cm³/mol. The van der Waals surface area contributed by atoms with E-state index in [4.69, 9.17) is 8.83 Å². The highest BCUT2D eigenvalue weighted by Crippen LogP contribution is 2.15. The van der Waals surface area contributed by atoms with E-state index in [1.165, 1.54) is 0 Å². The quantitative estimate of drug-likeness (QED) is 0.704. The lowest BCUT2D eigenvalue weighted by molar-refractivity contribution is -0.117. The largest absolute Gasteiger partial charge is 0.468 e. The number of furan rings is 2. The van der Waals surface area contributed by atoms with Gasteiger partial charge in [0.15, 0.2) is 0 Å². The van der Waals surface area contributed by atoms with E-state index in [1.54, 1.807) is 12.5 Å². The molecular formula is C20H22N2O3. The van der Waals surface area contributed by atoms with Crippen LogP contribution in [-0.4, -0.2) is 17.4 Å². The molecule has 0 aliphatic rings. The third-order valence-corrected chi connectivity index (χ3v) is 3.79. The first-order valence-electron chi connectivity index (χ1n) is 8.24. The van der Waals surface area contributed by atoms with Crippen molar-refractivity contribution in [2.45, 2.75) is 26.9 Å². The average molecular weight is 338 g/mol. The maximum absolute atomic E-state index is 12.5. The van der Waals surface area contributed by atoms with Crippen LogP contribution in [0.1, 0.15) is 22.6 Å². The van der Waals surface area contributed by atoms with Gasteiger partial charge in [0, 0.05) is 5.69 Å². The van der Waals surface area contributed by atoms with E-state index in [2.05, 4.69) is 11.4 Å². The van der Waals surface area contributed by atoms with Crippen molar-refractivity contribution in [2.24, 2.45) is 0 Å². The number of hydrogen-bond acceptors (Lipinski definition) is 4. The van der Waals surface area contributed by atoms with Gasteiger partial charge in [0.05, 0.1) is 32.2 Å². The minimum Gasteiger partial charge on any atom is -0.468 e. The number of nitrogens with zero attached hydrogens (tertiary/aromatic N) is 1. The van der Waals surface area contributed by atoms with Gasteiger partial charge in [0.25, 0.3) is 0 Å². The molecule has 0 saturated carbocycles. The molecule has 0 unspecified atom stereocenters. The number of rotatable bonds is 7. The first kappa shape index (κ1) is 17.0. The maximum atomic E-state index is 12.5. The van der Waals surface area contributed by atoms with Gasteiger partial charge < -0.3 is 14.2 Å². The van der Waals surface area contributed by atoms with E-state index in [9.17, 15) is 4.79 Å². The number of hydrogen-bond donors (Lipinski definition) is 1. The molecule has 0 atom stereocenters. The molecule has 5 nitrogen and oxygen atoms in total. The predicted octanol–water partition coefficient (Wildman–Crippen LogP) is 4.13. The average Bonchev–Trinajstić information content (AvgIpc) is 3.19. The summed E-state index contributed by atoms with van der Waals surface area (Å²) in [5.41, 5.74) is 3.06. The van der Waals surface area contributed by atoms with Crippen molar-refractivity contribution >= 4 is 11.6 Å². The van der Waals surface area contributed by atoms with Crippen LogP contribution in [0.4, 0.5) is 5.69 Å². The second-order valence-corrected chi connectivity index (χ2v) is 6.23. The number of nitrogens with one attached hydrogen (secondary N) is 1. The Hall–Kier alpha value is -2.79. The highest BCUT2D eigenvalue weighted by Gasteiger charge is 2.15. The van der Waals surface area contributed by atoms with Gasteiger partial charge >= 0.3 is 0 Å². The number of anilines is 1. The summed E-state index contributed by atoms with van der Waals surface area (Å²) in [6.07, 6.45) is 3.27. The van der Waals surface area contributed by atoms with Gasteiger partial charge in [-0.1, -0.05) is 6.07 Å². The van der Waals surface area contributed by atoms with Gasteiger partial charge in [0.1, 0.15) is 11.5 Å². The highest BCUT2D eigenvalue weighted by atomic mass is 16.3. The summed E-state index contributed by atoms with van der Waals surface area (Å²) >= 11 is 0. The Labute approximate surface area is 147 Å². The summed E-state index contributed by atoms with van der Waals surface area (Å²) in [4.78, 5) is 14.5. The molecule has 2 heterocycles. The maximum Gasteiger partial charge on any atom is 0.238 e. The molecule has 1 aromatic carbocycles. The zero-order chi connectivity index (χ0) is 17.6. The van der Waals surface area contributed by atoms with Crippen LogP contribution >= 0.6 is 0 Å². The van der Waals surface area contributed by atoms with Crippen LogP contribution in [0.5, 0.6) is 0 Å². The van der Waals surface area contributed by atoms with Crippen molar-refractivity contribution in [2.75, 3.05) is 11.9 Å². The molecule has 5 heteroatoms. The Kier molecular flexibility index (Phi) is 5.36. The number of carbonyl (C=O) groups excluding carboxylic acids is 1. The number of aryl methyl sites for hydroxylation is 2. The molecule has 0 bridgehead atoms. The Morgan fingerprint density at radius 1 is 0.960 bits per heavy atom. The fourth-order valence-corrected chi connectivity index (χ4v) is 2.86. The summed E-state index contributed by atoms with van der Waals surface area (Å²) in [6, 6.07) is 13.5. The van der Waals surface area contributed by atoms with Crippen molar-refractivity contribution in [3.8, 4) is 0 Å². The smallest absolute Gasteiger partial charge is 0.238 e. The summed E-state index contributed by atoms with van der Waals surface area (Å²) in [7, 11) is 0. The standard InChI is InChI=1S/C20H22N2O3/c1-15-9-16(2)11-17(10-15)21-20(23)14-22(12-18-5-3-7-24-18)13-19-6-4-8-25-19/h3-11H,12-14H2,1-2H3,(H,21,23). The van der Waals surface area contributed by atoms with Gasteiger partial charge in [-0.25, -0.2) is 0 Å². The summed E-state index contributed by atoms with van der Waals surface area (Å²) in [6.45, 7) is 5.35. The van der Waals surface area contributed by atoms with Gasteiger partial charge in [-0.2, -0.15) is 0 Å². The van der Waals surface area contributed by atoms with Crippen molar-refractivity contribution < 1.29 is 13.6 Å². The number of benzene rings is 1. The fraction of sp³-hybridized carbons (Fsp3) is 0.250. The normalized spacial score (nSPS) is 11.0. The molecule has 0 spiro atoms. The van der Waals surface area contributed by atoms with Crippen LogP contribution in [0, 0.1) is 13.8 Å². The van der Waals surface area contributed by atoms with Crippen LogP contribution in [0.25, 0.3) is 0 Å². The Bertz CT molecular complexity index is 751. The van der Waals surface area contributed by atoms with E-state index in [-0.39, 0.29) is 12.5 Å². The molecule has 3 rings (SSSR count). The zero-order valence-electron chi connectivity index (χ0n) is 14.5. The second-order valence-electron chi connectivity index (χ2n) is 6.23. The summed E-state index contributed by atoms with van der Waals surface area (Å²) in [5.74, 6) is 1.56. The van der Waals surface area contributed by atoms with Crippen molar-refractivity contribution in [1.82, 2.24) is 4.90 Å². The fourth-order valence-electron chi connectivity index (χ4n) is 2.86. The lowest BCUT2D eigenvalue weighted by atomic mass is 10.1. The van der Waals surface area contributed by atoms with E-state index in [1.807, 2.05) is 55.1 Å². The third-order valence-electron chi connectivity index (χ3n) is 3.79. The van der Waals surface area contributed by atoms with Crippen molar-refractivity contribution in [1.29, 1.82) is 0 Å². The molecule has 1 amide bonds. The third kappa shape index (κ3) is 5.09. The van der Waals surface area contributed by atoms with E-state index < -0.39 is 0 Å². The molecule has 0 aliphatic carbocycles. The lowest BCUT2D eigenvalue weighted by Gasteiger charge is -2.19. The molecule has 0 aliphatic heterocycles. The Balaban J connectivity index is 1.66. The van der Waals surface area contributed by atoms with E-state index in [0.29, 0.717) is 13.1 Å². The second kappa shape index (κ2) is 7.85. The van der Waals surface area contributed by atoms with Crippen LogP contribution in [0.2, 0.25) is 0 Å². The van der Waals surface area contributed by atoms with Crippen molar-refractivity contribution in [3.05, 3.63) is 77.6 Å². The lowest BCUT2D eigenvalue weighted by Crippen LogP contribution is -2.32. The molecule has 2 aromatic heterocycles. The molecular weight excluding hydrogens is 316 g/mol. The minimum atomic E-state index is -0.0666. The highest BCUT2D eigenvalue weighted by molar-refractivity contribution is 5.92. The molecule has 130 valence electrons. The van der Waals surface area contributed by atoms with Crippen LogP contribution in [-0.2, 0) is 17.9 Å². The zero-order valence-corrected chi connectivity index (χ0v) is 14.5. The van der Waals surface area contributed by atoms with Gasteiger partial charge in [-0.15, -0.1) is 0 Å². The molecule has 0 saturated heterocycles. The van der Waals surface area contributed by atoms with Crippen LogP contribution in [0.15, 0.2) is 63.8 Å². The van der Waals surface area contributed by atoms with Crippen molar-refractivity contribution in [3.63, 3.8) is 0 Å². The van der Waals surface area contributed by atoms with E-state index in [0.717, 1.165) is 28.3 Å². The summed E-state index contributed by atoms with van der Waals surface area (Å²) < 4.78 is 10.8. The van der Waals surface area contributed by atoms with Gasteiger partial charge in [0.2, 0.25) is 5.91 Å². The molecule has 3 aromatic rings. The topological polar surface area (TPSA) is 58.6 Å². The molecule has 0 radical (unpaired) electrons. The molecule has 0 fully saturated rings. The number of amides is 1. The van der Waals surface area contributed by atoms with Gasteiger partial charge in [-0.05, 0) is 61.4 Å². The first-order valence-corrected chi connectivity index (χ1v) is 8.24. The Morgan fingerprint density at radius 2 is 1.52 bits per heavy atom. The van der Waals surface area contributed by atoms with Gasteiger partial charge in [-0.3, -0.25) is 9.69 Å². The van der Waals surface area contributed by atoms with Crippen LogP contribution < -0.4 is 5.32 Å². The molecule has 1 N–H and O–H groups in total. The summed E-state index contributed by atoms with van der Waals surface area (Å²) in [5, 5.41) is 2.97. The van der Waals surface area contributed by atoms with Crippen LogP contribution in [0.3, 0.4) is 0 Å². The SMILES string of the molecule is Cc1cc(C)cc(NC(=O)CN(Cc2ccco2)Cc2ccco2)c1. The first-order chi connectivity index (χ1) is 12.1. The minimum absolute atomic E-state index is 0.0666. The molecule has 25 heavy (non-hydrogen) atoms.